The Morgan fingerprint density at radius 1 is 0.935 bits per heavy atom. The molecule has 2 aromatic heterocycles. The van der Waals surface area contributed by atoms with Gasteiger partial charge in [0.25, 0.3) is 5.91 Å². The number of benzene rings is 2. The molecule has 0 atom stereocenters. The van der Waals surface area contributed by atoms with E-state index in [0.29, 0.717) is 29.1 Å². The third kappa shape index (κ3) is 4.13. The summed E-state index contributed by atoms with van der Waals surface area (Å²) in [5.41, 5.74) is 1.92. The number of nitrogens with one attached hydrogen (secondary N) is 2. The van der Waals surface area contributed by atoms with Gasteiger partial charge < -0.3 is 15.1 Å². The van der Waals surface area contributed by atoms with Crippen molar-refractivity contribution in [1.29, 1.82) is 0 Å². The summed E-state index contributed by atoms with van der Waals surface area (Å²) in [6.07, 6.45) is 1.53. The molecule has 0 radical (unpaired) electrons. The van der Waals surface area contributed by atoms with E-state index in [2.05, 4.69) is 10.6 Å². The van der Waals surface area contributed by atoms with Crippen molar-refractivity contribution in [1.82, 2.24) is 14.5 Å². The lowest BCUT2D eigenvalue weighted by atomic mass is 10.1. The number of carbonyl (C=O) groups is 2. The van der Waals surface area contributed by atoms with Gasteiger partial charge in [-0.1, -0.05) is 24.3 Å². The van der Waals surface area contributed by atoms with Gasteiger partial charge in [-0.15, -0.1) is 0 Å². The average molecular weight is 418 g/mol. The van der Waals surface area contributed by atoms with Crippen LogP contribution in [0.4, 0.5) is 5.69 Å². The van der Waals surface area contributed by atoms with Crippen LogP contribution in [0.25, 0.3) is 11.0 Å². The van der Waals surface area contributed by atoms with E-state index in [1.807, 2.05) is 31.2 Å². The predicted molar refractivity (Wildman–Crippen MR) is 117 cm³/mol. The first-order valence-corrected chi connectivity index (χ1v) is 9.96. The summed E-state index contributed by atoms with van der Waals surface area (Å²) in [5.74, 6) is -0.110. The Hall–Kier alpha value is -4.07. The first-order valence-electron chi connectivity index (χ1n) is 9.96. The molecule has 8 nitrogen and oxygen atoms in total. The number of furan rings is 1. The molecule has 0 bridgehead atoms. The number of nitrogens with zero attached hydrogens (tertiary/aromatic N) is 2. The summed E-state index contributed by atoms with van der Waals surface area (Å²) in [6, 6.07) is 17.6. The zero-order valence-electron chi connectivity index (χ0n) is 17.0. The van der Waals surface area contributed by atoms with Gasteiger partial charge in [0.2, 0.25) is 5.91 Å². The van der Waals surface area contributed by atoms with Crippen molar-refractivity contribution in [2.75, 3.05) is 5.32 Å². The molecule has 4 aromatic rings. The largest absolute Gasteiger partial charge is 0.467 e. The lowest BCUT2D eigenvalue weighted by Crippen LogP contribution is -2.30. The number of fused-ring (bicyclic) bond motifs is 1. The van der Waals surface area contributed by atoms with E-state index in [0.717, 1.165) is 5.52 Å². The van der Waals surface area contributed by atoms with Crippen molar-refractivity contribution < 1.29 is 14.0 Å². The van der Waals surface area contributed by atoms with Crippen LogP contribution >= 0.6 is 0 Å². The third-order valence-electron chi connectivity index (χ3n) is 4.99. The number of para-hydroxylation sites is 3. The number of aromatic nitrogens is 2. The Bertz CT molecular complexity index is 1280. The zero-order chi connectivity index (χ0) is 21.8. The molecule has 158 valence electrons. The molecule has 0 aliphatic heterocycles. The second-order valence-electron chi connectivity index (χ2n) is 6.96. The van der Waals surface area contributed by atoms with Crippen LogP contribution in [0.15, 0.2) is 76.1 Å². The highest BCUT2D eigenvalue weighted by Gasteiger charge is 2.17. The Morgan fingerprint density at radius 2 is 1.65 bits per heavy atom. The quantitative estimate of drug-likeness (QED) is 0.482. The SMILES string of the molecule is CCn1c(=O)n(CC(=O)Nc2ccccc2C(=O)NCc2ccco2)c2ccccc21. The monoisotopic (exact) mass is 418 g/mol. The maximum Gasteiger partial charge on any atom is 0.329 e. The van der Waals surface area contributed by atoms with E-state index in [9.17, 15) is 14.4 Å². The van der Waals surface area contributed by atoms with Crippen molar-refractivity contribution in [2.45, 2.75) is 26.6 Å². The van der Waals surface area contributed by atoms with Crippen molar-refractivity contribution in [3.63, 3.8) is 0 Å². The number of aryl methyl sites for hydroxylation is 1. The number of rotatable bonds is 7. The molecule has 0 saturated carbocycles. The fourth-order valence-corrected chi connectivity index (χ4v) is 3.53. The minimum Gasteiger partial charge on any atom is -0.467 e. The molecule has 2 amide bonds. The van der Waals surface area contributed by atoms with Crippen LogP contribution in [0.2, 0.25) is 0 Å². The topological polar surface area (TPSA) is 98.3 Å². The van der Waals surface area contributed by atoms with Gasteiger partial charge in [-0.05, 0) is 43.3 Å². The van der Waals surface area contributed by atoms with E-state index < -0.39 is 5.91 Å². The normalized spacial score (nSPS) is 10.9. The highest BCUT2D eigenvalue weighted by Crippen LogP contribution is 2.17. The summed E-state index contributed by atoms with van der Waals surface area (Å²) in [4.78, 5) is 38.1. The molecule has 0 aliphatic carbocycles. The molecule has 2 heterocycles. The summed E-state index contributed by atoms with van der Waals surface area (Å²) >= 11 is 0. The van der Waals surface area contributed by atoms with Gasteiger partial charge in [0.15, 0.2) is 0 Å². The van der Waals surface area contributed by atoms with Crippen LogP contribution in [0.5, 0.6) is 0 Å². The fraction of sp³-hybridized carbons (Fsp3) is 0.174. The summed E-state index contributed by atoms with van der Waals surface area (Å²) < 4.78 is 8.28. The summed E-state index contributed by atoms with van der Waals surface area (Å²) in [7, 11) is 0. The second kappa shape index (κ2) is 8.74. The van der Waals surface area contributed by atoms with E-state index in [4.69, 9.17) is 4.42 Å². The number of hydrogen-bond donors (Lipinski definition) is 2. The standard InChI is InChI=1S/C23H22N4O4/c1-2-26-19-11-5-6-12-20(19)27(23(26)30)15-21(28)25-18-10-4-3-9-17(18)22(29)24-14-16-8-7-13-31-16/h3-13H,2,14-15H2,1H3,(H,24,29)(H,25,28). The maximum atomic E-state index is 12.8. The number of carbonyl (C=O) groups excluding carboxylic acids is 2. The fourth-order valence-electron chi connectivity index (χ4n) is 3.53. The Balaban J connectivity index is 1.52. The van der Waals surface area contributed by atoms with Gasteiger partial charge in [-0.2, -0.15) is 0 Å². The predicted octanol–water partition coefficient (Wildman–Crippen LogP) is 2.98. The maximum absolute atomic E-state index is 12.8. The number of hydrogen-bond acceptors (Lipinski definition) is 4. The zero-order valence-corrected chi connectivity index (χ0v) is 17.0. The smallest absolute Gasteiger partial charge is 0.329 e. The summed E-state index contributed by atoms with van der Waals surface area (Å²) in [5, 5.41) is 5.53. The molecule has 4 rings (SSSR count). The molecule has 8 heteroatoms. The molecule has 2 aromatic carbocycles. The third-order valence-corrected chi connectivity index (χ3v) is 4.99. The molecule has 2 N–H and O–H groups in total. The molecular formula is C23H22N4O4. The van der Waals surface area contributed by atoms with Crippen LogP contribution < -0.4 is 16.3 Å². The minimum atomic E-state index is -0.396. The van der Waals surface area contributed by atoms with Crippen molar-refractivity contribution in [3.8, 4) is 0 Å². The number of imidazole rings is 1. The van der Waals surface area contributed by atoms with Gasteiger partial charge >= 0.3 is 5.69 Å². The van der Waals surface area contributed by atoms with Crippen LogP contribution in [0, 0.1) is 0 Å². The van der Waals surface area contributed by atoms with Gasteiger partial charge in [-0.25, -0.2) is 4.79 Å². The Morgan fingerprint density at radius 3 is 2.35 bits per heavy atom. The van der Waals surface area contributed by atoms with E-state index in [1.54, 1.807) is 41.0 Å². The van der Waals surface area contributed by atoms with Crippen LogP contribution in [0.1, 0.15) is 23.0 Å². The van der Waals surface area contributed by atoms with Crippen LogP contribution in [-0.2, 0) is 24.4 Å². The number of anilines is 1. The van der Waals surface area contributed by atoms with E-state index in [-0.39, 0.29) is 24.7 Å². The van der Waals surface area contributed by atoms with Crippen molar-refractivity contribution >= 4 is 28.5 Å². The first-order chi connectivity index (χ1) is 15.1. The lowest BCUT2D eigenvalue weighted by Gasteiger charge is -2.11. The molecular weight excluding hydrogens is 396 g/mol. The minimum absolute atomic E-state index is 0.158. The lowest BCUT2D eigenvalue weighted by molar-refractivity contribution is -0.116. The molecule has 0 fully saturated rings. The van der Waals surface area contributed by atoms with Gasteiger partial charge in [-0.3, -0.25) is 18.7 Å². The second-order valence-corrected chi connectivity index (χ2v) is 6.96. The summed E-state index contributed by atoms with van der Waals surface area (Å²) in [6.45, 7) is 2.47. The van der Waals surface area contributed by atoms with E-state index >= 15 is 0 Å². The van der Waals surface area contributed by atoms with Crippen LogP contribution in [0.3, 0.4) is 0 Å². The van der Waals surface area contributed by atoms with E-state index in [1.165, 1.54) is 10.8 Å². The first kappa shape index (κ1) is 20.2. The molecule has 0 spiro atoms. The molecule has 0 unspecified atom stereocenters. The molecule has 0 aliphatic rings. The Kier molecular flexibility index (Phi) is 5.70. The van der Waals surface area contributed by atoms with Gasteiger partial charge in [0.1, 0.15) is 12.3 Å². The van der Waals surface area contributed by atoms with Gasteiger partial charge in [0.05, 0.1) is 35.1 Å². The van der Waals surface area contributed by atoms with Crippen molar-refractivity contribution in [2.24, 2.45) is 0 Å². The molecule has 31 heavy (non-hydrogen) atoms. The number of amides is 2. The van der Waals surface area contributed by atoms with Gasteiger partial charge in [0, 0.05) is 6.54 Å². The average Bonchev–Trinajstić information content (AvgIpc) is 3.39. The van der Waals surface area contributed by atoms with Crippen LogP contribution in [-0.4, -0.2) is 20.9 Å². The molecule has 0 saturated heterocycles. The highest BCUT2D eigenvalue weighted by atomic mass is 16.3. The Labute approximate surface area is 178 Å². The highest BCUT2D eigenvalue weighted by molar-refractivity contribution is 6.03. The van der Waals surface area contributed by atoms with Crippen molar-refractivity contribution in [3.05, 3.63) is 88.7 Å².